The SMILES string of the molecule is CN1C(=O)NCc2c(NC=C(C#N)C#N)cccc21. The molecule has 19 heavy (non-hydrogen) atoms. The number of nitrogens with zero attached hydrogens (tertiary/aromatic N) is 3. The minimum atomic E-state index is -0.157. The molecule has 1 aromatic rings. The Balaban J connectivity index is 2.35. The molecule has 2 rings (SSSR count). The molecule has 2 amide bonds. The molecule has 0 aliphatic carbocycles. The van der Waals surface area contributed by atoms with E-state index in [-0.39, 0.29) is 11.6 Å². The Kier molecular flexibility index (Phi) is 3.35. The highest BCUT2D eigenvalue weighted by molar-refractivity contribution is 5.95. The van der Waals surface area contributed by atoms with Crippen molar-refractivity contribution in [3.05, 3.63) is 35.5 Å². The fraction of sp³-hybridized carbons (Fsp3) is 0.154. The van der Waals surface area contributed by atoms with Gasteiger partial charge < -0.3 is 10.6 Å². The van der Waals surface area contributed by atoms with Crippen LogP contribution in [0.4, 0.5) is 16.2 Å². The summed E-state index contributed by atoms with van der Waals surface area (Å²) in [6, 6.07) is 8.87. The summed E-state index contributed by atoms with van der Waals surface area (Å²) < 4.78 is 0. The molecule has 0 saturated carbocycles. The Hall–Kier alpha value is -2.99. The van der Waals surface area contributed by atoms with Gasteiger partial charge >= 0.3 is 6.03 Å². The maximum absolute atomic E-state index is 11.5. The van der Waals surface area contributed by atoms with Gasteiger partial charge in [-0.25, -0.2) is 4.79 Å². The van der Waals surface area contributed by atoms with Crippen LogP contribution in [0, 0.1) is 22.7 Å². The molecule has 0 unspecified atom stereocenters. The fourth-order valence-electron chi connectivity index (χ4n) is 1.84. The molecule has 2 N–H and O–H groups in total. The lowest BCUT2D eigenvalue weighted by atomic mass is 10.1. The van der Waals surface area contributed by atoms with Crippen molar-refractivity contribution in [2.24, 2.45) is 0 Å². The largest absolute Gasteiger partial charge is 0.359 e. The highest BCUT2D eigenvalue weighted by atomic mass is 16.2. The molecule has 1 aliphatic heterocycles. The molecule has 1 heterocycles. The predicted octanol–water partition coefficient (Wildman–Crippen LogP) is 1.69. The van der Waals surface area contributed by atoms with Gasteiger partial charge in [0.1, 0.15) is 17.7 Å². The zero-order valence-corrected chi connectivity index (χ0v) is 10.3. The van der Waals surface area contributed by atoms with Gasteiger partial charge in [0.15, 0.2) is 0 Å². The number of hydrogen-bond acceptors (Lipinski definition) is 4. The summed E-state index contributed by atoms with van der Waals surface area (Å²) in [5, 5.41) is 23.0. The number of anilines is 2. The Morgan fingerprint density at radius 2 is 2.21 bits per heavy atom. The van der Waals surface area contributed by atoms with Crippen LogP contribution in [0.2, 0.25) is 0 Å². The third-order valence-electron chi connectivity index (χ3n) is 2.85. The number of rotatable bonds is 2. The van der Waals surface area contributed by atoms with Crippen molar-refractivity contribution in [2.45, 2.75) is 6.54 Å². The van der Waals surface area contributed by atoms with Gasteiger partial charge in [-0.1, -0.05) is 6.07 Å². The lowest BCUT2D eigenvalue weighted by Gasteiger charge is -2.28. The number of carbonyl (C=O) groups excluding carboxylic acids is 1. The van der Waals surface area contributed by atoms with Crippen molar-refractivity contribution < 1.29 is 4.79 Å². The van der Waals surface area contributed by atoms with Crippen LogP contribution in [0.3, 0.4) is 0 Å². The third-order valence-corrected chi connectivity index (χ3v) is 2.85. The smallest absolute Gasteiger partial charge is 0.321 e. The van der Waals surface area contributed by atoms with Crippen LogP contribution in [0.5, 0.6) is 0 Å². The standard InChI is InChI=1S/C13H11N5O/c1-18-12-4-2-3-11(10(12)8-17-13(18)19)16-7-9(5-14)6-15/h2-4,7,16H,8H2,1H3,(H,17,19). The van der Waals surface area contributed by atoms with E-state index >= 15 is 0 Å². The second kappa shape index (κ2) is 5.11. The summed E-state index contributed by atoms with van der Waals surface area (Å²) >= 11 is 0. The normalized spacial score (nSPS) is 12.6. The van der Waals surface area contributed by atoms with Gasteiger partial charge in [0, 0.05) is 31.0 Å². The summed E-state index contributed by atoms with van der Waals surface area (Å²) in [7, 11) is 1.68. The Morgan fingerprint density at radius 3 is 2.89 bits per heavy atom. The van der Waals surface area contributed by atoms with E-state index in [1.807, 2.05) is 18.2 Å². The number of nitriles is 2. The van der Waals surface area contributed by atoms with Crippen LogP contribution in [0.25, 0.3) is 0 Å². The van der Waals surface area contributed by atoms with Gasteiger partial charge in [0.05, 0.1) is 5.69 Å². The Labute approximate surface area is 110 Å². The van der Waals surface area contributed by atoms with E-state index in [4.69, 9.17) is 10.5 Å². The van der Waals surface area contributed by atoms with Crippen molar-refractivity contribution in [3.8, 4) is 12.1 Å². The molecule has 6 heteroatoms. The van der Waals surface area contributed by atoms with Crippen LogP contribution in [0.15, 0.2) is 30.0 Å². The van der Waals surface area contributed by atoms with E-state index in [1.165, 1.54) is 11.1 Å². The Bertz CT molecular complexity index is 619. The highest BCUT2D eigenvalue weighted by Crippen LogP contribution is 2.29. The van der Waals surface area contributed by atoms with Crippen LogP contribution in [-0.4, -0.2) is 13.1 Å². The minimum absolute atomic E-state index is 0.00852. The summed E-state index contributed by atoms with van der Waals surface area (Å²) in [5.41, 5.74) is 2.46. The first-order valence-corrected chi connectivity index (χ1v) is 5.57. The van der Waals surface area contributed by atoms with E-state index in [0.29, 0.717) is 6.54 Å². The van der Waals surface area contributed by atoms with Gasteiger partial charge in [-0.2, -0.15) is 10.5 Å². The minimum Gasteiger partial charge on any atom is -0.359 e. The molecule has 94 valence electrons. The van der Waals surface area contributed by atoms with Crippen LogP contribution < -0.4 is 15.5 Å². The monoisotopic (exact) mass is 253 g/mol. The predicted molar refractivity (Wildman–Crippen MR) is 70.0 cm³/mol. The quantitative estimate of drug-likeness (QED) is 0.784. The first-order chi connectivity index (χ1) is 9.17. The average molecular weight is 253 g/mol. The maximum atomic E-state index is 11.5. The molecular formula is C13H11N5O. The van der Waals surface area contributed by atoms with Crippen molar-refractivity contribution >= 4 is 17.4 Å². The average Bonchev–Trinajstić information content (AvgIpc) is 2.44. The molecule has 0 spiro atoms. The summed E-state index contributed by atoms with van der Waals surface area (Å²) in [6.07, 6.45) is 1.35. The van der Waals surface area contributed by atoms with Crippen molar-refractivity contribution in [1.29, 1.82) is 10.5 Å². The van der Waals surface area contributed by atoms with E-state index < -0.39 is 0 Å². The molecule has 6 nitrogen and oxygen atoms in total. The number of amides is 2. The lowest BCUT2D eigenvalue weighted by Crippen LogP contribution is -2.41. The molecule has 0 atom stereocenters. The lowest BCUT2D eigenvalue weighted by molar-refractivity contribution is 0.246. The number of benzene rings is 1. The molecule has 1 aliphatic rings. The molecule has 0 saturated heterocycles. The van der Waals surface area contributed by atoms with Crippen molar-refractivity contribution in [3.63, 3.8) is 0 Å². The topological polar surface area (TPSA) is 91.9 Å². The maximum Gasteiger partial charge on any atom is 0.321 e. The van der Waals surface area contributed by atoms with Crippen LogP contribution in [-0.2, 0) is 6.54 Å². The highest BCUT2D eigenvalue weighted by Gasteiger charge is 2.21. The van der Waals surface area contributed by atoms with Gasteiger partial charge in [-0.05, 0) is 12.1 Å². The van der Waals surface area contributed by atoms with Crippen LogP contribution >= 0.6 is 0 Å². The third kappa shape index (κ3) is 2.33. The van der Waals surface area contributed by atoms with Crippen molar-refractivity contribution in [2.75, 3.05) is 17.3 Å². The number of nitrogens with one attached hydrogen (secondary N) is 2. The zero-order chi connectivity index (χ0) is 13.8. The van der Waals surface area contributed by atoms with Crippen molar-refractivity contribution in [1.82, 2.24) is 5.32 Å². The first-order valence-electron chi connectivity index (χ1n) is 5.57. The second-order valence-electron chi connectivity index (χ2n) is 3.95. The first kappa shape index (κ1) is 12.5. The number of fused-ring (bicyclic) bond motifs is 1. The molecule has 0 radical (unpaired) electrons. The zero-order valence-electron chi connectivity index (χ0n) is 10.3. The molecule has 1 aromatic carbocycles. The van der Waals surface area contributed by atoms with E-state index in [2.05, 4.69) is 10.6 Å². The molecule has 0 fully saturated rings. The number of hydrogen-bond donors (Lipinski definition) is 2. The van der Waals surface area contributed by atoms with Gasteiger partial charge in [-0.15, -0.1) is 0 Å². The number of allylic oxidation sites excluding steroid dienone is 1. The number of carbonyl (C=O) groups is 1. The van der Waals surface area contributed by atoms with E-state index in [9.17, 15) is 4.79 Å². The summed E-state index contributed by atoms with van der Waals surface area (Å²) in [5.74, 6) is 0. The molecular weight excluding hydrogens is 242 g/mol. The van der Waals surface area contributed by atoms with Crippen LogP contribution in [0.1, 0.15) is 5.56 Å². The molecule has 0 aromatic heterocycles. The van der Waals surface area contributed by atoms with Gasteiger partial charge in [0.2, 0.25) is 0 Å². The van der Waals surface area contributed by atoms with E-state index in [0.717, 1.165) is 16.9 Å². The Morgan fingerprint density at radius 1 is 1.47 bits per heavy atom. The van der Waals surface area contributed by atoms with E-state index in [1.54, 1.807) is 19.2 Å². The summed E-state index contributed by atoms with van der Waals surface area (Å²) in [6.45, 7) is 0.407. The number of urea groups is 1. The summed E-state index contributed by atoms with van der Waals surface area (Å²) in [4.78, 5) is 13.0. The van der Waals surface area contributed by atoms with Gasteiger partial charge in [-0.3, -0.25) is 4.90 Å². The second-order valence-corrected chi connectivity index (χ2v) is 3.95. The fourth-order valence-corrected chi connectivity index (χ4v) is 1.84. The van der Waals surface area contributed by atoms with Gasteiger partial charge in [0.25, 0.3) is 0 Å². The molecule has 0 bridgehead atoms.